The normalized spacial score (nSPS) is 19.9. The smallest absolute Gasteiger partial charge is 0.232 e. The quantitative estimate of drug-likeness (QED) is 0.721. The predicted octanol–water partition coefficient (Wildman–Crippen LogP) is 4.68. The van der Waals surface area contributed by atoms with E-state index < -0.39 is 8.63 Å². The lowest BCUT2D eigenvalue weighted by Crippen LogP contribution is -2.27. The minimum Gasteiger partial charge on any atom is -0.354 e. The van der Waals surface area contributed by atoms with Gasteiger partial charge in [0.05, 0.1) is 11.4 Å². The van der Waals surface area contributed by atoms with Gasteiger partial charge in [0.25, 0.3) is 0 Å². The zero-order valence-electron chi connectivity index (χ0n) is 12.0. The average molecular weight is 407 g/mol. The topological polar surface area (TPSA) is 41.0 Å². The van der Waals surface area contributed by atoms with Gasteiger partial charge in [-0.25, -0.2) is 9.97 Å². The highest BCUT2D eigenvalue weighted by molar-refractivity contribution is 6.66. The highest BCUT2D eigenvalue weighted by atomic mass is 35.6. The van der Waals surface area contributed by atoms with Crippen LogP contribution in [-0.4, -0.2) is 41.0 Å². The number of halogens is 5. The summed E-state index contributed by atoms with van der Waals surface area (Å²) < 4.78 is -1.65. The van der Waals surface area contributed by atoms with E-state index >= 15 is 0 Å². The van der Waals surface area contributed by atoms with E-state index in [1.165, 1.54) is 18.9 Å². The summed E-state index contributed by atoms with van der Waals surface area (Å²) in [5.74, 6) is 0.366. The average Bonchev–Trinajstić information content (AvgIpc) is 2.83. The highest BCUT2D eigenvalue weighted by Gasteiger charge is 2.27. The van der Waals surface area contributed by atoms with Crippen molar-refractivity contribution in [2.45, 2.75) is 33.9 Å². The van der Waals surface area contributed by atoms with Gasteiger partial charge in [0.1, 0.15) is 4.84 Å². The Kier molecular flexibility index (Phi) is 6.70. The molecule has 1 aliphatic heterocycles. The standard InChI is InChI=1S/C13H17Cl5N4/c1-22-6-2-3-8(22)4-5-19-12-20-9(11(14)15)7-10(21-12)13(16,17)18/h7-8,11H,2-6H2,1H3,(H,19,20,21). The molecule has 1 saturated heterocycles. The molecule has 2 rings (SSSR count). The molecular weight excluding hydrogens is 389 g/mol. The van der Waals surface area contributed by atoms with Crippen LogP contribution in [0.15, 0.2) is 6.07 Å². The lowest BCUT2D eigenvalue weighted by atomic mass is 10.1. The second-order valence-corrected chi connectivity index (χ2v) is 8.67. The van der Waals surface area contributed by atoms with Gasteiger partial charge in [-0.3, -0.25) is 0 Å². The third-order valence-electron chi connectivity index (χ3n) is 3.69. The zero-order valence-corrected chi connectivity index (χ0v) is 15.8. The first-order valence-electron chi connectivity index (χ1n) is 6.96. The number of rotatable bonds is 5. The number of hydrogen-bond acceptors (Lipinski definition) is 4. The molecule has 0 aromatic carbocycles. The van der Waals surface area contributed by atoms with Crippen LogP contribution in [0.5, 0.6) is 0 Å². The first-order valence-corrected chi connectivity index (χ1v) is 8.96. The zero-order chi connectivity index (χ0) is 16.3. The lowest BCUT2D eigenvalue weighted by Gasteiger charge is -2.19. The first kappa shape index (κ1) is 18.6. The fraction of sp³-hybridized carbons (Fsp3) is 0.692. The third kappa shape index (κ3) is 5.15. The van der Waals surface area contributed by atoms with Crippen LogP contribution in [0.25, 0.3) is 0 Å². The summed E-state index contributed by atoms with van der Waals surface area (Å²) in [7, 11) is 2.14. The Morgan fingerprint density at radius 2 is 2.09 bits per heavy atom. The van der Waals surface area contributed by atoms with Crippen LogP contribution < -0.4 is 5.32 Å². The number of anilines is 1. The maximum absolute atomic E-state index is 5.88. The predicted molar refractivity (Wildman–Crippen MR) is 94.5 cm³/mol. The fourth-order valence-corrected chi connectivity index (χ4v) is 3.01. The largest absolute Gasteiger partial charge is 0.354 e. The molecule has 1 fully saturated rings. The Balaban J connectivity index is 2.04. The number of likely N-dealkylation sites (tertiary alicyclic amines) is 1. The van der Waals surface area contributed by atoms with Crippen LogP contribution >= 0.6 is 58.0 Å². The molecule has 124 valence electrons. The van der Waals surface area contributed by atoms with Gasteiger partial charge in [0.2, 0.25) is 9.74 Å². The van der Waals surface area contributed by atoms with E-state index in [-0.39, 0.29) is 5.69 Å². The Bertz CT molecular complexity index is 506. The fourth-order valence-electron chi connectivity index (χ4n) is 2.50. The number of nitrogens with one attached hydrogen (secondary N) is 1. The first-order chi connectivity index (χ1) is 10.3. The summed E-state index contributed by atoms with van der Waals surface area (Å²) in [6.07, 6.45) is 3.45. The van der Waals surface area contributed by atoms with E-state index in [0.29, 0.717) is 17.7 Å². The van der Waals surface area contributed by atoms with E-state index in [1.54, 1.807) is 0 Å². The monoisotopic (exact) mass is 404 g/mol. The third-order valence-corrected chi connectivity index (χ3v) is 4.72. The molecule has 1 N–H and O–H groups in total. The van der Waals surface area contributed by atoms with E-state index in [4.69, 9.17) is 58.0 Å². The molecule has 1 aromatic rings. The molecule has 0 radical (unpaired) electrons. The van der Waals surface area contributed by atoms with E-state index in [2.05, 4.69) is 27.2 Å². The van der Waals surface area contributed by atoms with E-state index in [1.807, 2.05) is 0 Å². The summed E-state index contributed by atoms with van der Waals surface area (Å²) in [5.41, 5.74) is 0.648. The molecule has 0 aliphatic carbocycles. The SMILES string of the molecule is CN1CCCC1CCNc1nc(C(Cl)Cl)cc(C(Cl)(Cl)Cl)n1. The molecular formula is C13H17Cl5N4. The number of alkyl halides is 5. The summed E-state index contributed by atoms with van der Waals surface area (Å²) in [6, 6.07) is 2.07. The van der Waals surface area contributed by atoms with Crippen LogP contribution in [0, 0.1) is 0 Å². The van der Waals surface area contributed by atoms with Crippen LogP contribution in [0.1, 0.15) is 35.5 Å². The van der Waals surface area contributed by atoms with Crippen molar-refractivity contribution in [2.24, 2.45) is 0 Å². The minimum atomic E-state index is -1.65. The van der Waals surface area contributed by atoms with Gasteiger partial charge in [0, 0.05) is 12.6 Å². The lowest BCUT2D eigenvalue weighted by molar-refractivity contribution is 0.301. The molecule has 4 nitrogen and oxygen atoms in total. The summed E-state index contributed by atoms with van der Waals surface area (Å²) in [6.45, 7) is 1.88. The van der Waals surface area contributed by atoms with E-state index in [9.17, 15) is 0 Å². The van der Waals surface area contributed by atoms with Crippen LogP contribution in [0.3, 0.4) is 0 Å². The van der Waals surface area contributed by atoms with Crippen molar-refractivity contribution in [3.63, 3.8) is 0 Å². The van der Waals surface area contributed by atoms with Gasteiger partial charge in [0.15, 0.2) is 0 Å². The molecule has 1 aromatic heterocycles. The molecule has 1 unspecified atom stereocenters. The molecule has 0 spiro atoms. The molecule has 1 atom stereocenters. The molecule has 2 heterocycles. The van der Waals surface area contributed by atoms with Crippen molar-refractivity contribution in [3.8, 4) is 0 Å². The Labute approximate surface area is 155 Å². The van der Waals surface area contributed by atoms with Crippen molar-refractivity contribution in [3.05, 3.63) is 17.5 Å². The number of hydrogen-bond donors (Lipinski definition) is 1. The summed E-state index contributed by atoms with van der Waals surface area (Å²) >= 11 is 29.4. The van der Waals surface area contributed by atoms with Gasteiger partial charge in [-0.15, -0.1) is 0 Å². The van der Waals surface area contributed by atoms with Crippen molar-refractivity contribution < 1.29 is 0 Å². The molecule has 0 saturated carbocycles. The molecule has 0 amide bonds. The van der Waals surface area contributed by atoms with Gasteiger partial charge in [-0.05, 0) is 38.9 Å². The Morgan fingerprint density at radius 1 is 1.36 bits per heavy atom. The van der Waals surface area contributed by atoms with Crippen LogP contribution in [0.2, 0.25) is 0 Å². The van der Waals surface area contributed by atoms with Crippen molar-refractivity contribution in [2.75, 3.05) is 25.5 Å². The molecule has 9 heteroatoms. The molecule has 22 heavy (non-hydrogen) atoms. The number of nitrogens with zero attached hydrogens (tertiary/aromatic N) is 3. The highest BCUT2D eigenvalue weighted by Crippen LogP contribution is 2.38. The van der Waals surface area contributed by atoms with Crippen LogP contribution in [-0.2, 0) is 3.79 Å². The Morgan fingerprint density at radius 3 is 2.64 bits per heavy atom. The second kappa shape index (κ2) is 7.91. The summed E-state index contributed by atoms with van der Waals surface area (Å²) in [4.78, 5) is 10.0. The Hall–Kier alpha value is 0.290. The molecule has 0 bridgehead atoms. The minimum absolute atomic E-state index is 0.245. The van der Waals surface area contributed by atoms with Crippen LogP contribution in [0.4, 0.5) is 5.95 Å². The second-order valence-electron chi connectivity index (χ2n) is 5.29. The summed E-state index contributed by atoms with van der Waals surface area (Å²) in [5, 5.41) is 3.16. The van der Waals surface area contributed by atoms with Crippen molar-refractivity contribution in [1.29, 1.82) is 0 Å². The van der Waals surface area contributed by atoms with Crippen molar-refractivity contribution >= 4 is 64.0 Å². The maximum atomic E-state index is 5.88. The van der Waals surface area contributed by atoms with Crippen molar-refractivity contribution in [1.82, 2.24) is 14.9 Å². The van der Waals surface area contributed by atoms with Gasteiger partial charge in [-0.1, -0.05) is 58.0 Å². The van der Waals surface area contributed by atoms with Gasteiger partial charge < -0.3 is 10.2 Å². The van der Waals surface area contributed by atoms with Gasteiger partial charge >= 0.3 is 0 Å². The maximum Gasteiger partial charge on any atom is 0.232 e. The number of aromatic nitrogens is 2. The van der Waals surface area contributed by atoms with Gasteiger partial charge in [-0.2, -0.15) is 0 Å². The van der Waals surface area contributed by atoms with E-state index in [0.717, 1.165) is 19.5 Å². The molecule has 1 aliphatic rings.